The quantitative estimate of drug-likeness (QED) is 0.0557. The number of fused-ring (bicyclic) bond motifs is 6. The summed E-state index contributed by atoms with van der Waals surface area (Å²) in [5, 5.41) is 31.9. The van der Waals surface area contributed by atoms with Crippen molar-refractivity contribution in [1.29, 1.82) is 0 Å². The number of imide groups is 1. The van der Waals surface area contributed by atoms with E-state index in [-0.39, 0.29) is 65.0 Å². The van der Waals surface area contributed by atoms with Crippen molar-refractivity contribution in [2.75, 3.05) is 0 Å². The summed E-state index contributed by atoms with van der Waals surface area (Å²) in [6.07, 6.45) is 14.5. The number of hydrogen-bond donors (Lipinski definition) is 4. The fourth-order valence-electron chi connectivity index (χ4n) is 17.7. The summed E-state index contributed by atoms with van der Waals surface area (Å²) in [7, 11) is 0. The van der Waals surface area contributed by atoms with Gasteiger partial charge in [0.05, 0.1) is 77.4 Å². The van der Waals surface area contributed by atoms with Crippen LogP contribution in [0.1, 0.15) is 229 Å². The molecule has 0 bridgehead atoms. The number of hydrogen-bond acceptors (Lipinski definition) is 10. The van der Waals surface area contributed by atoms with Gasteiger partial charge in [0.2, 0.25) is 29.5 Å². The minimum Gasteiger partial charge on any atom is -0.411 e. The molecule has 0 aromatic heterocycles. The second kappa shape index (κ2) is 46.7. The number of carbonyl (C=O) groups excluding carboxylic acids is 6. The molecule has 18 rings (SSSR count). The van der Waals surface area contributed by atoms with Gasteiger partial charge in [0.15, 0.2) is 0 Å². The highest BCUT2D eigenvalue weighted by Crippen LogP contribution is 2.47. The second-order valence-electron chi connectivity index (χ2n) is 32.4. The Kier molecular flexibility index (Phi) is 35.1. The number of allylic oxidation sites excluding steroid dienone is 4. The predicted molar refractivity (Wildman–Crippen MR) is 549 cm³/mol. The summed E-state index contributed by atoms with van der Waals surface area (Å²) in [4.78, 5) is 75.1. The average Bonchev–Trinajstić information content (AvgIpc) is 0.776. The van der Waals surface area contributed by atoms with Crippen molar-refractivity contribution in [3.05, 3.63) is 440 Å². The highest BCUT2D eigenvalue weighted by atomic mass is 35.5. The van der Waals surface area contributed by atoms with E-state index in [4.69, 9.17) is 149 Å². The zero-order chi connectivity index (χ0) is 95.7. The van der Waals surface area contributed by atoms with Crippen LogP contribution in [-0.4, -0.2) is 57.0 Å². The van der Waals surface area contributed by atoms with E-state index in [0.29, 0.717) is 72.4 Å². The first kappa shape index (κ1) is 101. The van der Waals surface area contributed by atoms with Gasteiger partial charge in [0, 0.05) is 128 Å². The average molecular weight is 2030 g/mol. The fraction of sp³-hybridized carbons (Fsp3) is 0.185. The Morgan fingerprint density at radius 3 is 0.806 bits per heavy atom. The molecule has 14 nitrogen and oxygen atoms in total. The Hall–Kier alpha value is -10.8. The summed E-state index contributed by atoms with van der Waals surface area (Å²) in [5.41, 5.74) is 24.5. The normalized spacial score (nSPS) is 17.4. The van der Waals surface area contributed by atoms with Gasteiger partial charge >= 0.3 is 5.97 Å². The summed E-state index contributed by atoms with van der Waals surface area (Å²) in [5.74, 6) is 0.0245. The van der Waals surface area contributed by atoms with Crippen LogP contribution in [0.2, 0.25) is 60.3 Å². The number of carbonyl (C=O) groups is 6. The zero-order valence-corrected chi connectivity index (χ0v) is 82.4. The lowest BCUT2D eigenvalue weighted by Gasteiger charge is -2.30. The number of amides is 5. The molecule has 12 aromatic rings. The number of oxime groups is 2. The molecule has 6 atom stereocenters. The highest BCUT2D eigenvalue weighted by Gasteiger charge is 2.33. The van der Waals surface area contributed by atoms with Gasteiger partial charge in [-0.05, 0) is 191 Å². The van der Waals surface area contributed by atoms with Gasteiger partial charge < -0.3 is 26.0 Å². The van der Waals surface area contributed by atoms with Gasteiger partial charge in [0.1, 0.15) is 0 Å². The van der Waals surface area contributed by atoms with Crippen LogP contribution < -0.4 is 16.0 Å². The zero-order valence-electron chi connectivity index (χ0n) is 73.4. The fourth-order valence-corrected chi connectivity index (χ4v) is 19.5. The van der Waals surface area contributed by atoms with Crippen LogP contribution in [0.15, 0.2) is 289 Å². The van der Waals surface area contributed by atoms with Crippen LogP contribution in [0.25, 0.3) is 22.8 Å². The minimum absolute atomic E-state index is 0.0611. The van der Waals surface area contributed by atoms with Gasteiger partial charge in [0.25, 0.3) is 0 Å². The minimum atomic E-state index is -0.415. The van der Waals surface area contributed by atoms with Crippen LogP contribution >= 0.6 is 139 Å². The van der Waals surface area contributed by atoms with Gasteiger partial charge in [-0.25, -0.2) is 4.79 Å². The third-order valence-corrected chi connectivity index (χ3v) is 28.1. The maximum Gasteiger partial charge on any atom is 0.331 e. The van der Waals surface area contributed by atoms with Crippen LogP contribution in [0.5, 0.6) is 0 Å². The van der Waals surface area contributed by atoms with Crippen LogP contribution in [0.4, 0.5) is 0 Å². The number of nitrogens with zero attached hydrogens (tertiary/aromatic N) is 3. The lowest BCUT2D eigenvalue weighted by Crippen LogP contribution is -2.33. The molecule has 0 aliphatic heterocycles. The first-order chi connectivity index (χ1) is 64.3. The first-order valence-corrected chi connectivity index (χ1v) is 47.5. The Bertz CT molecular complexity index is 6380. The molecule has 5 amide bonds. The van der Waals surface area contributed by atoms with Crippen molar-refractivity contribution in [2.45, 2.75) is 128 Å². The number of rotatable bonds is 11. The Morgan fingerprint density at radius 1 is 0.299 bits per heavy atom. The summed E-state index contributed by atoms with van der Waals surface area (Å²) < 4.78 is 0. The summed E-state index contributed by atoms with van der Waals surface area (Å²) in [6, 6.07) is 82.6. The van der Waals surface area contributed by atoms with E-state index < -0.39 is 5.97 Å². The Morgan fingerprint density at radius 2 is 0.537 bits per heavy atom. The lowest BCUT2D eigenvalue weighted by atomic mass is 9.78. The van der Waals surface area contributed by atoms with Gasteiger partial charge in [-0.15, -0.1) is 0 Å². The molecule has 0 fully saturated rings. The van der Waals surface area contributed by atoms with E-state index in [9.17, 15) is 28.8 Å². The van der Waals surface area contributed by atoms with E-state index in [0.717, 1.165) is 151 Å². The van der Waals surface area contributed by atoms with E-state index in [1.165, 1.54) is 68.7 Å². The van der Waals surface area contributed by atoms with Crippen molar-refractivity contribution >= 4 is 209 Å². The Balaban J connectivity index is 0.000000136. The molecule has 6 aliphatic carbocycles. The smallest absolute Gasteiger partial charge is 0.331 e. The van der Waals surface area contributed by atoms with Gasteiger partial charge in [-0.1, -0.05) is 356 Å². The highest BCUT2D eigenvalue weighted by molar-refractivity contribution is 6.44. The molecule has 0 saturated heterocycles. The van der Waals surface area contributed by atoms with E-state index >= 15 is 0 Å². The summed E-state index contributed by atoms with van der Waals surface area (Å²) >= 11 is 73.0. The monoisotopic (exact) mass is 2020 g/mol. The lowest BCUT2D eigenvalue weighted by molar-refractivity contribution is -0.141. The second-order valence-corrected chi connectivity index (χ2v) is 37.3. The largest absolute Gasteiger partial charge is 0.411 e. The SMILES string of the molecule is CC(=O)N(C(C)=O)C1=CC[C@@H](c2ccc(Cl)c(Cl)c2)c2ccccc21.CC(=O)NC1=CC[C@@H](c2ccc(Cl)c(Cl)c2)c2ccccc21.CC(=O)NC1=CC[C@@H](c2ccc(Cl)c(Cl)c2)c2ccccc21.CC(=O)NC1=CC[C@@H](c2ccc(Cl)c(Cl)c2)c2ccccc21.CC(=O)O/N=C1\CC[C@@H](c2ccc(Cl)c(Cl)c2)c2ccccc21.O/N=C1\CC[C@@H](c2ccc(Cl)c(Cl)c2)c2ccccc21. The molecule has 26 heteroatoms. The van der Waals surface area contributed by atoms with E-state index in [1.54, 1.807) is 6.07 Å². The predicted octanol–water partition coefficient (Wildman–Crippen LogP) is 30.6. The maximum absolute atomic E-state index is 12.0. The van der Waals surface area contributed by atoms with Gasteiger partial charge in [-0.2, -0.15) is 0 Å². The Labute approximate surface area is 839 Å². The standard InChI is InChI=1S/C20H17Cl2NO2.C18H15Cl2NO2.3C18H15Cl2NO.C16H13Cl2NO/c1-12(24)23(13(2)25)20-10-8-15(16-5-3-4-6-17(16)20)14-7-9-18(21)19(22)11-14;1-11(22)23-21-18-9-7-13(14-4-2-3-5-15(14)18)12-6-8-16(19)17(20)10-12;3*1-11(22)21-18-9-7-13(14-4-2-3-5-15(14)18)12-6-8-16(19)17(20)10-12;17-14-7-5-10(9-15(14)18)11-6-8-16(19-20)13-4-2-1-3-12(11)13/h3-7,9-11,15H,8H2,1-2H3;2-6,8,10,13H,7,9H2,1H3;3*2-6,8-10,13H,7H2,1H3,(H,21,22);1-5,7,9,11,20H,6,8H2/b;21-18+;;;;19-16+/t15-;4*13-;11-/m000000/s1. The van der Waals surface area contributed by atoms with Crippen LogP contribution in [-0.2, 0) is 33.6 Å². The van der Waals surface area contributed by atoms with E-state index in [2.05, 4.69) is 74.8 Å². The molecular weight excluding hydrogens is 1930 g/mol. The molecule has 6 aliphatic rings. The van der Waals surface area contributed by atoms with Gasteiger partial charge in [-0.3, -0.25) is 28.9 Å². The number of nitrogens with one attached hydrogen (secondary N) is 3. The van der Waals surface area contributed by atoms with Crippen molar-refractivity contribution in [3.63, 3.8) is 0 Å². The van der Waals surface area contributed by atoms with Crippen molar-refractivity contribution in [2.24, 2.45) is 10.3 Å². The van der Waals surface area contributed by atoms with Crippen molar-refractivity contribution in [1.82, 2.24) is 20.9 Å². The molecular formula is C108H90Cl12N6O8. The molecule has 0 spiro atoms. The molecule has 0 heterocycles. The first-order valence-electron chi connectivity index (χ1n) is 43.0. The van der Waals surface area contributed by atoms with E-state index in [1.807, 2.05) is 224 Å². The molecule has 12 aromatic carbocycles. The third kappa shape index (κ3) is 24.7. The number of benzene rings is 12. The van der Waals surface area contributed by atoms with Crippen molar-refractivity contribution < 1.29 is 38.8 Å². The molecule has 0 saturated carbocycles. The van der Waals surface area contributed by atoms with Crippen LogP contribution in [0.3, 0.4) is 0 Å². The molecule has 0 unspecified atom stereocenters. The molecule has 0 radical (unpaired) electrons. The third-order valence-electron chi connectivity index (χ3n) is 23.6. The molecule has 134 heavy (non-hydrogen) atoms. The maximum atomic E-state index is 12.0. The van der Waals surface area contributed by atoms with Crippen LogP contribution in [0, 0.1) is 0 Å². The molecule has 4 N–H and O–H groups in total. The molecule has 684 valence electrons. The van der Waals surface area contributed by atoms with Crippen molar-refractivity contribution in [3.8, 4) is 0 Å². The number of halogens is 12. The topological polar surface area (TPSA) is 196 Å². The summed E-state index contributed by atoms with van der Waals surface area (Å²) in [6.45, 7) is 8.71.